The second kappa shape index (κ2) is 6.08. The van der Waals surface area contributed by atoms with Gasteiger partial charge in [0.25, 0.3) is 0 Å². The lowest BCUT2D eigenvalue weighted by atomic mass is 10.2. The van der Waals surface area contributed by atoms with Gasteiger partial charge in [0.1, 0.15) is 0 Å². The Hall–Kier alpha value is -1.52. The Kier molecular flexibility index (Phi) is 4.45. The quantitative estimate of drug-likeness (QED) is 0.866. The second-order valence-electron chi connectivity index (χ2n) is 3.98. The molecule has 0 atom stereocenters. The lowest BCUT2D eigenvalue weighted by Crippen LogP contribution is -2.02. The largest absolute Gasteiger partial charge is 0.478 e. The molecule has 3 nitrogen and oxygen atoms in total. The maximum atomic E-state index is 10.9. The molecule has 0 aliphatic rings. The van der Waals surface area contributed by atoms with Crippen LogP contribution in [0.4, 0.5) is 5.69 Å². The molecule has 0 aliphatic carbocycles. The van der Waals surface area contributed by atoms with Gasteiger partial charge in [-0.25, -0.2) is 4.79 Å². The van der Waals surface area contributed by atoms with Crippen molar-refractivity contribution in [1.82, 2.24) is 0 Å². The van der Waals surface area contributed by atoms with Crippen LogP contribution < -0.4 is 5.32 Å². The first-order valence-electron chi connectivity index (χ1n) is 5.57. The molecule has 5 heteroatoms. The molecular formula is C14H11BrClNO2. The van der Waals surface area contributed by atoms with Crippen LogP contribution in [0.1, 0.15) is 15.9 Å². The minimum absolute atomic E-state index is 0.264. The molecule has 2 aromatic carbocycles. The van der Waals surface area contributed by atoms with Crippen LogP contribution in [-0.2, 0) is 6.54 Å². The zero-order valence-corrected chi connectivity index (χ0v) is 12.2. The molecule has 0 bridgehead atoms. The van der Waals surface area contributed by atoms with E-state index in [0.29, 0.717) is 11.6 Å². The maximum absolute atomic E-state index is 10.9. The molecular weight excluding hydrogens is 330 g/mol. The third-order valence-corrected chi connectivity index (χ3v) is 3.58. The van der Waals surface area contributed by atoms with Crippen LogP contribution in [0.5, 0.6) is 0 Å². The molecule has 2 aromatic rings. The number of hydrogen-bond acceptors (Lipinski definition) is 2. The number of aromatic carboxylic acids is 1. The summed E-state index contributed by atoms with van der Waals surface area (Å²) >= 11 is 9.31. The van der Waals surface area contributed by atoms with E-state index in [1.807, 2.05) is 24.3 Å². The van der Waals surface area contributed by atoms with E-state index in [1.54, 1.807) is 18.2 Å². The number of carboxylic acid groups (broad SMARTS) is 1. The van der Waals surface area contributed by atoms with Crippen molar-refractivity contribution in [3.8, 4) is 0 Å². The smallest absolute Gasteiger partial charge is 0.335 e. The van der Waals surface area contributed by atoms with Crippen molar-refractivity contribution in [2.75, 3.05) is 5.32 Å². The van der Waals surface area contributed by atoms with Crippen molar-refractivity contribution in [2.45, 2.75) is 6.54 Å². The summed E-state index contributed by atoms with van der Waals surface area (Å²) in [7, 11) is 0. The molecule has 2 N–H and O–H groups in total. The third kappa shape index (κ3) is 3.72. The van der Waals surface area contributed by atoms with E-state index in [4.69, 9.17) is 16.7 Å². The average molecular weight is 341 g/mol. The third-order valence-electron chi connectivity index (χ3n) is 2.61. The number of hydrogen-bond donors (Lipinski definition) is 2. The van der Waals surface area contributed by atoms with E-state index in [0.717, 1.165) is 15.7 Å². The highest BCUT2D eigenvalue weighted by atomic mass is 79.9. The highest BCUT2D eigenvalue weighted by molar-refractivity contribution is 9.10. The lowest BCUT2D eigenvalue weighted by molar-refractivity contribution is 0.0697. The molecule has 2 rings (SSSR count). The molecule has 0 amide bonds. The number of halogens is 2. The first-order chi connectivity index (χ1) is 9.06. The van der Waals surface area contributed by atoms with Gasteiger partial charge in [-0.15, -0.1) is 0 Å². The van der Waals surface area contributed by atoms with E-state index >= 15 is 0 Å². The van der Waals surface area contributed by atoms with Gasteiger partial charge in [0.2, 0.25) is 0 Å². The van der Waals surface area contributed by atoms with Crippen LogP contribution in [0.15, 0.2) is 46.9 Å². The zero-order valence-electron chi connectivity index (χ0n) is 9.86. The number of carboxylic acids is 1. The fraction of sp³-hybridized carbons (Fsp3) is 0.0714. The zero-order chi connectivity index (χ0) is 13.8. The maximum Gasteiger partial charge on any atom is 0.335 e. The topological polar surface area (TPSA) is 49.3 Å². The fourth-order valence-corrected chi connectivity index (χ4v) is 2.45. The SMILES string of the molecule is O=C(O)c1cccc(NCc2ccc(Cl)cc2Br)c1. The molecule has 0 saturated heterocycles. The van der Waals surface area contributed by atoms with Crippen LogP contribution in [0.2, 0.25) is 5.02 Å². The van der Waals surface area contributed by atoms with Crippen molar-refractivity contribution in [1.29, 1.82) is 0 Å². The molecule has 98 valence electrons. The molecule has 0 fully saturated rings. The molecule has 0 aromatic heterocycles. The van der Waals surface area contributed by atoms with Gasteiger partial charge in [-0.2, -0.15) is 0 Å². The summed E-state index contributed by atoms with van der Waals surface area (Å²) in [6.07, 6.45) is 0. The molecule has 0 heterocycles. The van der Waals surface area contributed by atoms with E-state index in [2.05, 4.69) is 21.2 Å². The van der Waals surface area contributed by atoms with E-state index in [-0.39, 0.29) is 5.56 Å². The molecule has 0 saturated carbocycles. The van der Waals surface area contributed by atoms with Gasteiger partial charge < -0.3 is 10.4 Å². The Morgan fingerprint density at radius 3 is 2.74 bits per heavy atom. The van der Waals surface area contributed by atoms with E-state index in [1.165, 1.54) is 0 Å². The van der Waals surface area contributed by atoms with Crippen LogP contribution >= 0.6 is 27.5 Å². The summed E-state index contributed by atoms with van der Waals surface area (Å²) in [6.45, 7) is 0.584. The molecule has 0 aliphatic heterocycles. The number of carbonyl (C=O) groups is 1. The molecule has 0 radical (unpaired) electrons. The number of rotatable bonds is 4. The van der Waals surface area contributed by atoms with Gasteiger partial charge in [-0.3, -0.25) is 0 Å². The number of nitrogens with one attached hydrogen (secondary N) is 1. The first-order valence-corrected chi connectivity index (χ1v) is 6.74. The van der Waals surface area contributed by atoms with Gasteiger partial charge >= 0.3 is 5.97 Å². The molecule has 19 heavy (non-hydrogen) atoms. The average Bonchev–Trinajstić information content (AvgIpc) is 2.38. The summed E-state index contributed by atoms with van der Waals surface area (Å²) in [5.41, 5.74) is 2.08. The van der Waals surface area contributed by atoms with E-state index in [9.17, 15) is 4.79 Å². The Bertz CT molecular complexity index is 616. The minimum Gasteiger partial charge on any atom is -0.478 e. The summed E-state index contributed by atoms with van der Waals surface area (Å²) in [6, 6.07) is 12.3. The molecule has 0 unspecified atom stereocenters. The normalized spacial score (nSPS) is 10.2. The van der Waals surface area contributed by atoms with Crippen molar-refractivity contribution in [3.05, 3.63) is 63.1 Å². The van der Waals surface area contributed by atoms with Gasteiger partial charge in [0, 0.05) is 21.7 Å². The Morgan fingerprint density at radius 2 is 2.05 bits per heavy atom. The summed E-state index contributed by atoms with van der Waals surface area (Å²) in [5.74, 6) is -0.934. The Labute approximate surface area is 124 Å². The van der Waals surface area contributed by atoms with Gasteiger partial charge in [-0.05, 0) is 35.9 Å². The predicted molar refractivity (Wildman–Crippen MR) is 79.9 cm³/mol. The van der Waals surface area contributed by atoms with Crippen molar-refractivity contribution in [2.24, 2.45) is 0 Å². The minimum atomic E-state index is -0.934. The summed E-state index contributed by atoms with van der Waals surface area (Å²) in [4.78, 5) is 10.9. The van der Waals surface area contributed by atoms with Crippen LogP contribution in [0, 0.1) is 0 Å². The predicted octanol–water partition coefficient (Wildman–Crippen LogP) is 4.41. The molecule has 0 spiro atoms. The Balaban J connectivity index is 2.10. The van der Waals surface area contributed by atoms with Crippen LogP contribution in [0.3, 0.4) is 0 Å². The highest BCUT2D eigenvalue weighted by Crippen LogP contribution is 2.22. The lowest BCUT2D eigenvalue weighted by Gasteiger charge is -2.09. The van der Waals surface area contributed by atoms with E-state index < -0.39 is 5.97 Å². The second-order valence-corrected chi connectivity index (χ2v) is 5.27. The van der Waals surface area contributed by atoms with Crippen molar-refractivity contribution in [3.63, 3.8) is 0 Å². The fourth-order valence-electron chi connectivity index (χ4n) is 1.62. The van der Waals surface area contributed by atoms with Gasteiger partial charge in [-0.1, -0.05) is 39.7 Å². The standard InChI is InChI=1S/C14H11BrClNO2/c15-13-7-11(16)5-4-10(13)8-17-12-3-1-2-9(6-12)14(18)19/h1-7,17H,8H2,(H,18,19). The first kappa shape index (κ1) is 13.9. The summed E-state index contributed by atoms with van der Waals surface area (Å²) < 4.78 is 0.918. The van der Waals surface area contributed by atoms with Crippen LogP contribution in [0.25, 0.3) is 0 Å². The number of anilines is 1. The van der Waals surface area contributed by atoms with Crippen molar-refractivity contribution >= 4 is 39.2 Å². The van der Waals surface area contributed by atoms with Crippen molar-refractivity contribution < 1.29 is 9.90 Å². The summed E-state index contributed by atoms with van der Waals surface area (Å²) in [5, 5.41) is 12.8. The van der Waals surface area contributed by atoms with Gasteiger partial charge in [0.05, 0.1) is 5.56 Å². The monoisotopic (exact) mass is 339 g/mol. The number of benzene rings is 2. The van der Waals surface area contributed by atoms with Crippen LogP contribution in [-0.4, -0.2) is 11.1 Å². The Morgan fingerprint density at radius 1 is 1.26 bits per heavy atom. The van der Waals surface area contributed by atoms with Gasteiger partial charge in [0.15, 0.2) is 0 Å². The highest BCUT2D eigenvalue weighted by Gasteiger charge is 2.04.